The van der Waals surface area contributed by atoms with Gasteiger partial charge in [-0.25, -0.2) is 0 Å². The van der Waals surface area contributed by atoms with Crippen LogP contribution in [0.5, 0.6) is 0 Å². The summed E-state index contributed by atoms with van der Waals surface area (Å²) in [5.74, 6) is 0.441. The number of carbonyl (C=O) groups is 1. The quantitative estimate of drug-likeness (QED) is 0.585. The number of hydrogen-bond donors (Lipinski definition) is 0. The van der Waals surface area contributed by atoms with Crippen molar-refractivity contribution >= 4 is 5.78 Å². The van der Waals surface area contributed by atoms with Crippen LogP contribution in [0.2, 0.25) is 0 Å². The van der Waals surface area contributed by atoms with Crippen LogP contribution in [0.4, 0.5) is 0 Å². The van der Waals surface area contributed by atoms with E-state index in [1.807, 2.05) is 0 Å². The number of ketones is 1. The van der Waals surface area contributed by atoms with Crippen LogP contribution in [0.15, 0.2) is 0 Å². The Morgan fingerprint density at radius 2 is 2.08 bits per heavy atom. The van der Waals surface area contributed by atoms with Gasteiger partial charge in [0, 0.05) is 44.6 Å². The first-order valence-corrected chi connectivity index (χ1v) is 5.13. The fourth-order valence-corrected chi connectivity index (χ4v) is 2.44. The molecule has 0 amide bonds. The Hall–Kier alpha value is -0.410. The monoisotopic (exact) mass is 182 g/mol. The van der Waals surface area contributed by atoms with Crippen molar-refractivity contribution in [3.63, 3.8) is 0 Å². The smallest absolute Gasteiger partial charge is 0.135 e. The highest BCUT2D eigenvalue weighted by molar-refractivity contribution is 5.79. The van der Waals surface area contributed by atoms with Gasteiger partial charge in [0.1, 0.15) is 5.78 Å². The minimum absolute atomic E-state index is 0.441. The molecule has 2 fully saturated rings. The Bertz CT molecular complexity index is 211. The normalized spacial score (nSPS) is 33.4. The van der Waals surface area contributed by atoms with Crippen molar-refractivity contribution in [2.75, 3.05) is 26.7 Å². The molecule has 2 rings (SSSR count). The van der Waals surface area contributed by atoms with Gasteiger partial charge in [0.25, 0.3) is 0 Å². The Balaban J connectivity index is 1.89. The van der Waals surface area contributed by atoms with Gasteiger partial charge in [-0.15, -0.1) is 0 Å². The molecule has 13 heavy (non-hydrogen) atoms. The molecule has 74 valence electrons. The second kappa shape index (κ2) is 3.39. The molecule has 0 bridgehead atoms. The molecular formula is C10H18N2O. The van der Waals surface area contributed by atoms with Crippen LogP contribution in [0.25, 0.3) is 0 Å². The van der Waals surface area contributed by atoms with E-state index in [1.54, 1.807) is 0 Å². The van der Waals surface area contributed by atoms with Gasteiger partial charge in [0.05, 0.1) is 0 Å². The maximum atomic E-state index is 11.2. The van der Waals surface area contributed by atoms with Crippen molar-refractivity contribution in [3.05, 3.63) is 0 Å². The first-order chi connectivity index (χ1) is 6.16. The first kappa shape index (κ1) is 9.16. The summed E-state index contributed by atoms with van der Waals surface area (Å²) < 4.78 is 0. The molecule has 2 aliphatic heterocycles. The first-order valence-electron chi connectivity index (χ1n) is 5.13. The second-order valence-electron chi connectivity index (χ2n) is 4.45. The van der Waals surface area contributed by atoms with Crippen molar-refractivity contribution in [1.29, 1.82) is 0 Å². The van der Waals surface area contributed by atoms with Crippen molar-refractivity contribution < 1.29 is 4.79 Å². The van der Waals surface area contributed by atoms with E-state index in [0.29, 0.717) is 17.9 Å². The highest BCUT2D eigenvalue weighted by Gasteiger charge is 2.34. The molecule has 0 aromatic rings. The number of carbonyl (C=O) groups excluding carboxylic acids is 1. The van der Waals surface area contributed by atoms with Gasteiger partial charge in [-0.05, 0) is 14.0 Å². The average Bonchev–Trinajstić information content (AvgIpc) is 2.00. The molecule has 2 aliphatic rings. The maximum absolute atomic E-state index is 11.2. The summed E-state index contributed by atoms with van der Waals surface area (Å²) in [4.78, 5) is 16.0. The lowest BCUT2D eigenvalue weighted by Gasteiger charge is -2.47. The third-order valence-electron chi connectivity index (χ3n) is 3.25. The Kier molecular flexibility index (Phi) is 2.39. The molecule has 0 saturated carbocycles. The molecule has 3 nitrogen and oxygen atoms in total. The van der Waals surface area contributed by atoms with Gasteiger partial charge in [-0.2, -0.15) is 0 Å². The number of likely N-dealkylation sites (N-methyl/N-ethyl adjacent to an activating group) is 1. The third kappa shape index (κ3) is 1.76. The van der Waals surface area contributed by atoms with Crippen LogP contribution >= 0.6 is 0 Å². The zero-order valence-electron chi connectivity index (χ0n) is 8.49. The molecule has 0 spiro atoms. The summed E-state index contributed by atoms with van der Waals surface area (Å²) in [6, 6.07) is 1.19. The Labute approximate surface area is 79.7 Å². The zero-order valence-corrected chi connectivity index (χ0v) is 8.49. The minimum Gasteiger partial charge on any atom is -0.303 e. The van der Waals surface area contributed by atoms with Crippen molar-refractivity contribution in [2.45, 2.75) is 31.8 Å². The number of Topliss-reactive ketones (excluding diaryl/α,β-unsaturated/α-hetero) is 1. The molecule has 0 radical (unpaired) electrons. The summed E-state index contributed by atoms with van der Waals surface area (Å²) in [5, 5.41) is 0. The van der Waals surface area contributed by atoms with E-state index in [-0.39, 0.29) is 0 Å². The fourth-order valence-electron chi connectivity index (χ4n) is 2.44. The predicted molar refractivity (Wildman–Crippen MR) is 51.7 cm³/mol. The number of likely N-dealkylation sites (tertiary alicyclic amines) is 2. The highest BCUT2D eigenvalue weighted by atomic mass is 16.1. The minimum atomic E-state index is 0.441. The van der Waals surface area contributed by atoms with E-state index in [1.165, 1.54) is 13.1 Å². The lowest BCUT2D eigenvalue weighted by atomic mass is 9.97. The molecule has 3 heteroatoms. The lowest BCUT2D eigenvalue weighted by Crippen LogP contribution is -2.61. The van der Waals surface area contributed by atoms with Gasteiger partial charge in [0.15, 0.2) is 0 Å². The lowest BCUT2D eigenvalue weighted by molar-refractivity contribution is -0.124. The predicted octanol–water partition coefficient (Wildman–Crippen LogP) is 0.354. The zero-order chi connectivity index (χ0) is 9.42. The van der Waals surface area contributed by atoms with Crippen molar-refractivity contribution in [3.8, 4) is 0 Å². The van der Waals surface area contributed by atoms with Crippen LogP contribution in [0.1, 0.15) is 19.8 Å². The average molecular weight is 182 g/mol. The van der Waals surface area contributed by atoms with Gasteiger partial charge >= 0.3 is 0 Å². The van der Waals surface area contributed by atoms with E-state index in [4.69, 9.17) is 0 Å². The van der Waals surface area contributed by atoms with Crippen LogP contribution in [-0.4, -0.2) is 54.3 Å². The molecule has 0 N–H and O–H groups in total. The maximum Gasteiger partial charge on any atom is 0.135 e. The molecule has 1 atom stereocenters. The number of rotatable bonds is 1. The van der Waals surface area contributed by atoms with Crippen molar-refractivity contribution in [2.24, 2.45) is 0 Å². The summed E-state index contributed by atoms with van der Waals surface area (Å²) >= 11 is 0. The summed E-state index contributed by atoms with van der Waals surface area (Å²) in [6.07, 6.45) is 1.53. The largest absolute Gasteiger partial charge is 0.303 e. The van der Waals surface area contributed by atoms with Crippen LogP contribution in [-0.2, 0) is 4.79 Å². The Morgan fingerprint density at radius 1 is 1.38 bits per heavy atom. The van der Waals surface area contributed by atoms with E-state index in [9.17, 15) is 4.79 Å². The number of piperidine rings is 1. The fraction of sp³-hybridized carbons (Fsp3) is 0.900. The van der Waals surface area contributed by atoms with Gasteiger partial charge < -0.3 is 4.90 Å². The third-order valence-corrected chi connectivity index (χ3v) is 3.25. The molecule has 0 aliphatic carbocycles. The summed E-state index contributed by atoms with van der Waals surface area (Å²) in [7, 11) is 2.15. The topological polar surface area (TPSA) is 23.6 Å². The van der Waals surface area contributed by atoms with Crippen LogP contribution in [0.3, 0.4) is 0 Å². The summed E-state index contributed by atoms with van der Waals surface area (Å²) in [5.41, 5.74) is 0. The van der Waals surface area contributed by atoms with Gasteiger partial charge in [-0.1, -0.05) is 0 Å². The Morgan fingerprint density at radius 3 is 2.62 bits per heavy atom. The molecular weight excluding hydrogens is 164 g/mol. The highest BCUT2D eigenvalue weighted by Crippen LogP contribution is 2.21. The molecule has 2 heterocycles. The second-order valence-corrected chi connectivity index (χ2v) is 4.45. The molecule has 2 saturated heterocycles. The van der Waals surface area contributed by atoms with E-state index < -0.39 is 0 Å². The van der Waals surface area contributed by atoms with E-state index in [0.717, 1.165) is 19.4 Å². The standard InChI is InChI=1S/C10H18N2O/c1-8-5-10(13)3-4-12(8)9-6-11(2)7-9/h8-9H,3-7H2,1-2H3. The van der Waals surface area contributed by atoms with Crippen LogP contribution in [0, 0.1) is 0 Å². The van der Waals surface area contributed by atoms with Crippen molar-refractivity contribution in [1.82, 2.24) is 9.80 Å². The number of nitrogens with zero attached hydrogens (tertiary/aromatic N) is 2. The van der Waals surface area contributed by atoms with Gasteiger partial charge in [0.2, 0.25) is 0 Å². The molecule has 0 aromatic carbocycles. The van der Waals surface area contributed by atoms with Crippen LogP contribution < -0.4 is 0 Å². The van der Waals surface area contributed by atoms with E-state index in [2.05, 4.69) is 23.8 Å². The molecule has 1 unspecified atom stereocenters. The SMILES string of the molecule is CC1CC(=O)CCN1C1CN(C)C1. The molecule has 0 aromatic heterocycles. The van der Waals surface area contributed by atoms with E-state index >= 15 is 0 Å². The summed E-state index contributed by atoms with van der Waals surface area (Å²) in [6.45, 7) is 5.52. The van der Waals surface area contributed by atoms with Gasteiger partial charge in [-0.3, -0.25) is 9.69 Å². The number of hydrogen-bond acceptors (Lipinski definition) is 3.